The van der Waals surface area contributed by atoms with Crippen molar-refractivity contribution in [1.82, 2.24) is 0 Å². The Balaban J connectivity index is 2.31. The van der Waals surface area contributed by atoms with Crippen LogP contribution in [0.4, 0.5) is 18.9 Å². The molecule has 0 aliphatic carbocycles. The molecule has 0 atom stereocenters. The Kier molecular flexibility index (Phi) is 4.31. The summed E-state index contributed by atoms with van der Waals surface area (Å²) >= 11 is 0. The molecule has 0 radical (unpaired) electrons. The molecule has 0 unspecified atom stereocenters. The maximum absolute atomic E-state index is 13.0. The predicted octanol–water partition coefficient (Wildman–Crippen LogP) is 2.04. The lowest BCUT2D eigenvalue weighted by Gasteiger charge is -2.29. The van der Waals surface area contributed by atoms with E-state index in [4.69, 9.17) is 10.5 Å². The van der Waals surface area contributed by atoms with Gasteiger partial charge in [0.2, 0.25) is 0 Å². The van der Waals surface area contributed by atoms with Crippen LogP contribution in [-0.2, 0) is 17.3 Å². The number of alkyl halides is 3. The first-order chi connectivity index (χ1) is 9.02. The van der Waals surface area contributed by atoms with E-state index in [0.29, 0.717) is 32.0 Å². The van der Waals surface area contributed by atoms with Gasteiger partial charge in [0.05, 0.1) is 18.8 Å². The SMILES string of the molecule is NCCc1ccc(N2CCOCC2)cc1C(F)(F)F. The summed E-state index contributed by atoms with van der Waals surface area (Å²) in [6.45, 7) is 2.54. The van der Waals surface area contributed by atoms with Crippen molar-refractivity contribution >= 4 is 5.69 Å². The molecule has 19 heavy (non-hydrogen) atoms. The minimum absolute atomic E-state index is 0.208. The highest BCUT2D eigenvalue weighted by atomic mass is 19.4. The topological polar surface area (TPSA) is 38.5 Å². The fraction of sp³-hybridized carbons (Fsp3) is 0.538. The Hall–Kier alpha value is -1.27. The number of anilines is 1. The van der Waals surface area contributed by atoms with Gasteiger partial charge in [-0.25, -0.2) is 0 Å². The van der Waals surface area contributed by atoms with Gasteiger partial charge in [-0.1, -0.05) is 6.07 Å². The van der Waals surface area contributed by atoms with Crippen LogP contribution in [0.25, 0.3) is 0 Å². The lowest BCUT2D eigenvalue weighted by molar-refractivity contribution is -0.138. The van der Waals surface area contributed by atoms with Gasteiger partial charge >= 0.3 is 6.18 Å². The van der Waals surface area contributed by atoms with Crippen molar-refractivity contribution in [3.63, 3.8) is 0 Å². The summed E-state index contributed by atoms with van der Waals surface area (Å²) in [5, 5.41) is 0. The Labute approximate surface area is 110 Å². The molecule has 0 aromatic heterocycles. The van der Waals surface area contributed by atoms with Crippen molar-refractivity contribution in [1.29, 1.82) is 0 Å². The van der Waals surface area contributed by atoms with E-state index >= 15 is 0 Å². The van der Waals surface area contributed by atoms with Crippen molar-refractivity contribution < 1.29 is 17.9 Å². The molecular formula is C13H17F3N2O. The number of benzene rings is 1. The minimum Gasteiger partial charge on any atom is -0.378 e. The lowest BCUT2D eigenvalue weighted by Crippen LogP contribution is -2.36. The third kappa shape index (κ3) is 3.39. The van der Waals surface area contributed by atoms with Crippen LogP contribution in [0.2, 0.25) is 0 Å². The molecule has 3 nitrogen and oxygen atoms in total. The molecule has 2 N–H and O–H groups in total. The second-order valence-corrected chi connectivity index (χ2v) is 4.48. The van der Waals surface area contributed by atoms with E-state index < -0.39 is 11.7 Å². The maximum atomic E-state index is 13.0. The Bertz CT molecular complexity index is 428. The number of nitrogens with two attached hydrogens (primary N) is 1. The largest absolute Gasteiger partial charge is 0.416 e. The third-order valence-electron chi connectivity index (χ3n) is 3.19. The summed E-state index contributed by atoms with van der Waals surface area (Å²) in [6.07, 6.45) is -4.11. The van der Waals surface area contributed by atoms with Crippen LogP contribution in [-0.4, -0.2) is 32.8 Å². The highest BCUT2D eigenvalue weighted by Gasteiger charge is 2.33. The zero-order valence-corrected chi connectivity index (χ0v) is 10.5. The van der Waals surface area contributed by atoms with Crippen LogP contribution < -0.4 is 10.6 Å². The van der Waals surface area contributed by atoms with Gasteiger partial charge in [-0.05, 0) is 30.7 Å². The number of rotatable bonds is 3. The molecule has 6 heteroatoms. The van der Waals surface area contributed by atoms with Crippen LogP contribution in [0.5, 0.6) is 0 Å². The van der Waals surface area contributed by atoms with Gasteiger partial charge in [0, 0.05) is 18.8 Å². The molecule has 1 aliphatic rings. The van der Waals surface area contributed by atoms with Gasteiger partial charge in [0.25, 0.3) is 0 Å². The van der Waals surface area contributed by atoms with E-state index in [0.717, 1.165) is 0 Å². The van der Waals surface area contributed by atoms with Crippen molar-refractivity contribution in [3.8, 4) is 0 Å². The number of nitrogens with zero attached hydrogens (tertiary/aromatic N) is 1. The molecular weight excluding hydrogens is 257 g/mol. The lowest BCUT2D eigenvalue weighted by atomic mass is 10.0. The minimum atomic E-state index is -4.34. The molecule has 1 saturated heterocycles. The predicted molar refractivity (Wildman–Crippen MR) is 67.2 cm³/mol. The van der Waals surface area contributed by atoms with Gasteiger partial charge in [0.15, 0.2) is 0 Å². The monoisotopic (exact) mass is 274 g/mol. The van der Waals surface area contributed by atoms with E-state index in [1.165, 1.54) is 12.1 Å². The highest BCUT2D eigenvalue weighted by Crippen LogP contribution is 2.35. The molecule has 0 bridgehead atoms. The molecule has 1 aromatic rings. The third-order valence-corrected chi connectivity index (χ3v) is 3.19. The van der Waals surface area contributed by atoms with Crippen molar-refractivity contribution in [2.45, 2.75) is 12.6 Å². The van der Waals surface area contributed by atoms with Crippen molar-refractivity contribution in [2.75, 3.05) is 37.7 Å². The van der Waals surface area contributed by atoms with E-state index in [2.05, 4.69) is 0 Å². The summed E-state index contributed by atoms with van der Waals surface area (Å²) in [5.74, 6) is 0. The number of hydrogen-bond acceptors (Lipinski definition) is 3. The number of halogens is 3. The standard InChI is InChI=1S/C13H17F3N2O/c14-13(15,16)12-9-11(2-1-10(12)3-4-17)18-5-7-19-8-6-18/h1-2,9H,3-8,17H2. The van der Waals surface area contributed by atoms with Crippen LogP contribution in [0.15, 0.2) is 18.2 Å². The first-order valence-corrected chi connectivity index (χ1v) is 6.25. The molecule has 1 aromatic carbocycles. The molecule has 1 aliphatic heterocycles. The molecule has 1 heterocycles. The summed E-state index contributed by atoms with van der Waals surface area (Å²) < 4.78 is 44.3. The van der Waals surface area contributed by atoms with Crippen LogP contribution >= 0.6 is 0 Å². The summed E-state index contributed by atoms with van der Waals surface area (Å²) in [4.78, 5) is 1.91. The van der Waals surface area contributed by atoms with Gasteiger partial charge in [-0.15, -0.1) is 0 Å². The molecule has 0 saturated carbocycles. The normalized spacial score (nSPS) is 16.7. The summed E-state index contributed by atoms with van der Waals surface area (Å²) in [5.41, 5.74) is 5.63. The molecule has 0 amide bonds. The van der Waals surface area contributed by atoms with Crippen LogP contribution in [0.1, 0.15) is 11.1 Å². The van der Waals surface area contributed by atoms with Gasteiger partial charge in [-0.2, -0.15) is 13.2 Å². The van der Waals surface area contributed by atoms with E-state index in [9.17, 15) is 13.2 Å². The molecule has 1 fully saturated rings. The highest BCUT2D eigenvalue weighted by molar-refractivity contribution is 5.52. The first-order valence-electron chi connectivity index (χ1n) is 6.25. The average Bonchev–Trinajstić information content (AvgIpc) is 2.39. The average molecular weight is 274 g/mol. The van der Waals surface area contributed by atoms with Gasteiger partial charge in [-0.3, -0.25) is 0 Å². The number of hydrogen-bond donors (Lipinski definition) is 1. The molecule has 2 rings (SSSR count). The Morgan fingerprint density at radius 1 is 1.21 bits per heavy atom. The first kappa shape index (κ1) is 14.1. The van der Waals surface area contributed by atoms with Crippen LogP contribution in [0, 0.1) is 0 Å². The van der Waals surface area contributed by atoms with Crippen molar-refractivity contribution in [2.24, 2.45) is 5.73 Å². The second kappa shape index (κ2) is 5.79. The van der Waals surface area contributed by atoms with E-state index in [1.54, 1.807) is 6.07 Å². The maximum Gasteiger partial charge on any atom is 0.416 e. The summed E-state index contributed by atoms with van der Waals surface area (Å²) in [7, 11) is 0. The molecule has 106 valence electrons. The smallest absolute Gasteiger partial charge is 0.378 e. The van der Waals surface area contributed by atoms with Crippen LogP contribution in [0.3, 0.4) is 0 Å². The van der Waals surface area contributed by atoms with Gasteiger partial charge < -0.3 is 15.4 Å². The fourth-order valence-electron chi connectivity index (χ4n) is 2.22. The summed E-state index contributed by atoms with van der Waals surface area (Å²) in [6, 6.07) is 4.47. The number of morpholine rings is 1. The Morgan fingerprint density at radius 3 is 2.47 bits per heavy atom. The zero-order valence-electron chi connectivity index (χ0n) is 10.5. The van der Waals surface area contributed by atoms with Crippen molar-refractivity contribution in [3.05, 3.63) is 29.3 Å². The zero-order chi connectivity index (χ0) is 13.9. The second-order valence-electron chi connectivity index (χ2n) is 4.48. The number of ether oxygens (including phenoxy) is 1. The van der Waals surface area contributed by atoms with Gasteiger partial charge in [0.1, 0.15) is 0 Å². The Morgan fingerprint density at radius 2 is 1.89 bits per heavy atom. The molecule has 0 spiro atoms. The fourth-order valence-corrected chi connectivity index (χ4v) is 2.22. The van der Waals surface area contributed by atoms with E-state index in [1.807, 2.05) is 4.90 Å². The van der Waals surface area contributed by atoms with E-state index in [-0.39, 0.29) is 18.5 Å². The quantitative estimate of drug-likeness (QED) is 0.916.